The first kappa shape index (κ1) is 24.5. The van der Waals surface area contributed by atoms with Gasteiger partial charge in [0, 0.05) is 12.5 Å². The van der Waals surface area contributed by atoms with Crippen LogP contribution in [0.3, 0.4) is 0 Å². The third kappa shape index (κ3) is 5.43. The molecule has 0 atom stereocenters. The normalized spacial score (nSPS) is 10.4. The first-order valence-electron chi connectivity index (χ1n) is 10.7. The Kier molecular flexibility index (Phi) is 7.68. The van der Waals surface area contributed by atoms with Gasteiger partial charge in [0.05, 0.1) is 25.5 Å². The molecule has 0 saturated carbocycles. The third-order valence-electron chi connectivity index (χ3n) is 5.13. The molecule has 7 heteroatoms. The zero-order valence-corrected chi connectivity index (χ0v) is 19.9. The lowest BCUT2D eigenvalue weighted by Crippen LogP contribution is -2.08. The summed E-state index contributed by atoms with van der Waals surface area (Å²) in [6.45, 7) is 5.73. The number of anilines is 1. The second-order valence-electron chi connectivity index (χ2n) is 7.91. The molecule has 1 amide bonds. The Morgan fingerprint density at radius 3 is 2.18 bits per heavy atom. The molecule has 0 aliphatic rings. The van der Waals surface area contributed by atoms with Crippen molar-refractivity contribution < 1.29 is 29.2 Å². The molecule has 0 bridgehead atoms. The second kappa shape index (κ2) is 10.7. The van der Waals surface area contributed by atoms with E-state index < -0.39 is 0 Å². The van der Waals surface area contributed by atoms with Crippen molar-refractivity contribution in [3.05, 3.63) is 60.2 Å². The van der Waals surface area contributed by atoms with Crippen molar-refractivity contribution in [3.8, 4) is 51.0 Å². The highest BCUT2D eigenvalue weighted by molar-refractivity contribution is 5.93. The Morgan fingerprint density at radius 2 is 1.59 bits per heavy atom. The molecule has 0 aliphatic heterocycles. The number of nitrogens with one attached hydrogen (secondary N) is 1. The molecule has 34 heavy (non-hydrogen) atoms. The van der Waals surface area contributed by atoms with E-state index in [4.69, 9.17) is 14.2 Å². The van der Waals surface area contributed by atoms with Crippen LogP contribution in [-0.4, -0.2) is 36.9 Å². The van der Waals surface area contributed by atoms with Gasteiger partial charge in [0.15, 0.2) is 11.5 Å². The molecule has 3 rings (SSSR count). The Hall–Kier alpha value is -4.13. The van der Waals surface area contributed by atoms with Crippen molar-refractivity contribution in [2.75, 3.05) is 26.1 Å². The van der Waals surface area contributed by atoms with E-state index in [1.54, 1.807) is 48.5 Å². The molecular formula is C27H29NO6. The highest BCUT2D eigenvalue weighted by Gasteiger charge is 2.22. The highest BCUT2D eigenvalue weighted by Crippen LogP contribution is 2.50. The third-order valence-corrected chi connectivity index (χ3v) is 5.13. The van der Waals surface area contributed by atoms with E-state index in [0.717, 1.165) is 11.1 Å². The van der Waals surface area contributed by atoms with E-state index in [-0.39, 0.29) is 23.2 Å². The molecule has 7 nitrogen and oxygen atoms in total. The molecule has 0 heterocycles. The molecule has 3 N–H and O–H groups in total. The quantitative estimate of drug-likeness (QED) is 0.368. The predicted molar refractivity (Wildman–Crippen MR) is 133 cm³/mol. The Balaban J connectivity index is 2.15. The van der Waals surface area contributed by atoms with Crippen LogP contribution in [0.4, 0.5) is 5.69 Å². The summed E-state index contributed by atoms with van der Waals surface area (Å²) in [7, 11) is 2.98. The molecule has 0 spiro atoms. The van der Waals surface area contributed by atoms with Crippen LogP contribution in [0.25, 0.3) is 22.3 Å². The average Bonchev–Trinajstić information content (AvgIpc) is 2.79. The van der Waals surface area contributed by atoms with Gasteiger partial charge in [-0.15, -0.1) is 0 Å². The van der Waals surface area contributed by atoms with Gasteiger partial charge < -0.3 is 29.7 Å². The Labute approximate surface area is 199 Å². The minimum absolute atomic E-state index is 0.114. The number of phenols is 2. The van der Waals surface area contributed by atoms with Crippen molar-refractivity contribution in [1.29, 1.82) is 0 Å². The summed E-state index contributed by atoms with van der Waals surface area (Å²) >= 11 is 0. The van der Waals surface area contributed by atoms with Crippen LogP contribution in [0, 0.1) is 0 Å². The van der Waals surface area contributed by atoms with Crippen molar-refractivity contribution in [2.24, 2.45) is 0 Å². The van der Waals surface area contributed by atoms with E-state index in [1.807, 2.05) is 19.9 Å². The number of ether oxygens (including phenoxy) is 3. The standard InChI is InChI=1S/C27H29NO6/c1-16(2)12-13-34-23-11-8-19(14-22(23)28-17(3)29)25-24(32-4)15-21(27(33-5)26(25)31)18-6-9-20(30)10-7-18/h6-12,14-15,30-31H,13H2,1-5H3,(H,28,29). The molecule has 178 valence electrons. The number of amides is 1. The zero-order valence-electron chi connectivity index (χ0n) is 19.9. The molecule has 0 aliphatic carbocycles. The van der Waals surface area contributed by atoms with Crippen molar-refractivity contribution in [1.82, 2.24) is 0 Å². The maximum atomic E-state index is 11.8. The van der Waals surface area contributed by atoms with Gasteiger partial charge in [-0.05, 0) is 61.4 Å². The van der Waals surface area contributed by atoms with Gasteiger partial charge in [-0.25, -0.2) is 0 Å². The predicted octanol–water partition coefficient (Wildman–Crippen LogP) is 5.75. The summed E-state index contributed by atoms with van der Waals surface area (Å²) in [6, 6.07) is 13.5. The molecule has 0 fully saturated rings. The number of rotatable bonds is 8. The zero-order chi connectivity index (χ0) is 24.8. The lowest BCUT2D eigenvalue weighted by Gasteiger charge is -2.19. The van der Waals surface area contributed by atoms with E-state index in [2.05, 4.69) is 5.32 Å². The van der Waals surface area contributed by atoms with E-state index in [1.165, 1.54) is 21.1 Å². The van der Waals surface area contributed by atoms with E-state index in [9.17, 15) is 15.0 Å². The summed E-state index contributed by atoms with van der Waals surface area (Å²) < 4.78 is 17.0. The molecule has 0 saturated heterocycles. The van der Waals surface area contributed by atoms with Crippen LogP contribution in [0.2, 0.25) is 0 Å². The van der Waals surface area contributed by atoms with Crippen molar-refractivity contribution >= 4 is 11.6 Å². The summed E-state index contributed by atoms with van der Waals surface area (Å²) in [5.41, 5.74) is 3.93. The largest absolute Gasteiger partial charge is 0.508 e. The average molecular weight is 464 g/mol. The molecule has 3 aromatic rings. The van der Waals surface area contributed by atoms with Crippen LogP contribution in [-0.2, 0) is 4.79 Å². The highest BCUT2D eigenvalue weighted by atomic mass is 16.5. The van der Waals surface area contributed by atoms with Gasteiger partial charge in [-0.1, -0.05) is 23.8 Å². The van der Waals surface area contributed by atoms with Crippen molar-refractivity contribution in [2.45, 2.75) is 20.8 Å². The minimum atomic E-state index is -0.249. The number of hydrogen-bond acceptors (Lipinski definition) is 6. The van der Waals surface area contributed by atoms with E-state index in [0.29, 0.717) is 40.5 Å². The number of aromatic hydroxyl groups is 2. The van der Waals surface area contributed by atoms with Gasteiger partial charge in [0.25, 0.3) is 0 Å². The van der Waals surface area contributed by atoms with Gasteiger partial charge >= 0.3 is 0 Å². The monoisotopic (exact) mass is 463 g/mol. The van der Waals surface area contributed by atoms with Gasteiger partial charge in [0.2, 0.25) is 5.91 Å². The minimum Gasteiger partial charge on any atom is -0.508 e. The van der Waals surface area contributed by atoms with Gasteiger partial charge in [-0.3, -0.25) is 4.79 Å². The fraction of sp³-hybridized carbons (Fsp3) is 0.222. The number of benzene rings is 3. The summed E-state index contributed by atoms with van der Waals surface area (Å²) in [5.74, 6) is 0.938. The molecule has 0 aromatic heterocycles. The number of hydrogen-bond donors (Lipinski definition) is 3. The smallest absolute Gasteiger partial charge is 0.221 e. The first-order valence-corrected chi connectivity index (χ1v) is 10.7. The number of allylic oxidation sites excluding steroid dienone is 1. The van der Waals surface area contributed by atoms with Crippen LogP contribution < -0.4 is 19.5 Å². The van der Waals surface area contributed by atoms with Gasteiger partial charge in [0.1, 0.15) is 23.9 Å². The summed E-state index contributed by atoms with van der Waals surface area (Å²) in [4.78, 5) is 11.8. The molecular weight excluding hydrogens is 434 g/mol. The molecule has 3 aromatic carbocycles. The number of carbonyl (C=O) groups is 1. The maximum absolute atomic E-state index is 11.8. The summed E-state index contributed by atoms with van der Waals surface area (Å²) in [5, 5.41) is 23.6. The topological polar surface area (TPSA) is 97.2 Å². The van der Waals surface area contributed by atoms with Crippen LogP contribution >= 0.6 is 0 Å². The number of carbonyl (C=O) groups excluding carboxylic acids is 1. The number of phenolic OH excluding ortho intramolecular Hbond substituents is 2. The Morgan fingerprint density at radius 1 is 0.912 bits per heavy atom. The van der Waals surface area contributed by atoms with E-state index >= 15 is 0 Å². The molecule has 0 unspecified atom stereocenters. The molecule has 0 radical (unpaired) electrons. The fourth-order valence-corrected chi connectivity index (χ4v) is 3.53. The lowest BCUT2D eigenvalue weighted by atomic mass is 9.96. The van der Waals surface area contributed by atoms with Crippen molar-refractivity contribution in [3.63, 3.8) is 0 Å². The summed E-state index contributed by atoms with van der Waals surface area (Å²) in [6.07, 6.45) is 1.94. The Bertz CT molecular complexity index is 1210. The van der Waals surface area contributed by atoms with Crippen LogP contribution in [0.15, 0.2) is 60.2 Å². The lowest BCUT2D eigenvalue weighted by molar-refractivity contribution is -0.114. The fourth-order valence-electron chi connectivity index (χ4n) is 3.53. The van der Waals surface area contributed by atoms with Crippen LogP contribution in [0.1, 0.15) is 20.8 Å². The first-order chi connectivity index (χ1) is 16.2. The SMILES string of the molecule is COc1cc(-c2ccc(O)cc2)c(OC)c(O)c1-c1ccc(OCC=C(C)C)c(NC(C)=O)c1. The van der Waals surface area contributed by atoms with Crippen LogP contribution in [0.5, 0.6) is 28.7 Å². The maximum Gasteiger partial charge on any atom is 0.221 e. The second-order valence-corrected chi connectivity index (χ2v) is 7.91. The number of methoxy groups -OCH3 is 2. The van der Waals surface area contributed by atoms with Gasteiger partial charge in [-0.2, -0.15) is 0 Å².